The summed E-state index contributed by atoms with van der Waals surface area (Å²) in [5.41, 5.74) is 1.15. The van der Waals surface area contributed by atoms with E-state index in [9.17, 15) is 5.21 Å². The van der Waals surface area contributed by atoms with Crippen molar-refractivity contribution in [1.29, 1.82) is 0 Å². The third kappa shape index (κ3) is 1.92. The van der Waals surface area contributed by atoms with Crippen molar-refractivity contribution in [3.63, 3.8) is 0 Å². The highest BCUT2D eigenvalue weighted by Crippen LogP contribution is 1.96. The number of rotatable bonds is 2. The van der Waals surface area contributed by atoms with Crippen LogP contribution in [0.1, 0.15) is 5.56 Å². The maximum absolute atomic E-state index is 10.5. The normalized spacial score (nSPS) is 9.70. The van der Waals surface area contributed by atoms with E-state index in [0.29, 0.717) is 0 Å². The quantitative estimate of drug-likeness (QED) is 0.381. The van der Waals surface area contributed by atoms with Gasteiger partial charge < -0.3 is 5.21 Å². The Balaban J connectivity index is 2.69. The van der Waals surface area contributed by atoms with Gasteiger partial charge in [0, 0.05) is 12.1 Å². The number of aryl methyl sites for hydroxylation is 1. The fourth-order valence-corrected chi connectivity index (χ4v) is 0.998. The van der Waals surface area contributed by atoms with E-state index in [4.69, 9.17) is 0 Å². The summed E-state index contributed by atoms with van der Waals surface area (Å²) in [5.74, 6) is 0.822. The highest BCUT2D eigenvalue weighted by atomic mass is 32.1. The number of hydrogen-bond acceptors (Lipinski definition) is 2. The van der Waals surface area contributed by atoms with E-state index in [1.807, 2.05) is 12.1 Å². The van der Waals surface area contributed by atoms with Gasteiger partial charge >= 0.3 is 0 Å². The molecule has 1 heterocycles. The van der Waals surface area contributed by atoms with Crippen LogP contribution in [0.5, 0.6) is 0 Å². The van der Waals surface area contributed by atoms with Crippen LogP contribution in [0, 0.1) is 5.21 Å². The molecule has 0 bridgehead atoms. The Morgan fingerprint density at radius 1 is 1.40 bits per heavy atom. The Morgan fingerprint density at radius 2 is 2.00 bits per heavy atom. The van der Waals surface area contributed by atoms with Crippen LogP contribution in [0.4, 0.5) is 0 Å². The lowest BCUT2D eigenvalue weighted by atomic mass is 10.2. The predicted octanol–water partition coefficient (Wildman–Crippen LogP) is 0.792. The van der Waals surface area contributed by atoms with Crippen molar-refractivity contribution in [2.45, 2.75) is 6.42 Å². The minimum Gasteiger partial charge on any atom is -0.619 e. The van der Waals surface area contributed by atoms with Gasteiger partial charge in [-0.2, -0.15) is 17.4 Å². The first-order valence-corrected chi connectivity index (χ1v) is 3.75. The maximum Gasteiger partial charge on any atom is 0.180 e. The largest absolute Gasteiger partial charge is 0.619 e. The molecule has 54 valence electrons. The summed E-state index contributed by atoms with van der Waals surface area (Å²) in [4.78, 5) is 0. The van der Waals surface area contributed by atoms with Gasteiger partial charge in [0.2, 0.25) is 0 Å². The van der Waals surface area contributed by atoms with Gasteiger partial charge in [-0.15, -0.1) is 0 Å². The fraction of sp³-hybridized carbons (Fsp3) is 0.286. The SMILES string of the molecule is [O-][n+]1ccc(CCS)cc1. The molecule has 1 rings (SSSR count). The van der Waals surface area contributed by atoms with Gasteiger partial charge in [0.25, 0.3) is 0 Å². The summed E-state index contributed by atoms with van der Waals surface area (Å²) in [6, 6.07) is 3.62. The van der Waals surface area contributed by atoms with Crippen LogP contribution in [0.2, 0.25) is 0 Å². The first-order chi connectivity index (χ1) is 4.83. The summed E-state index contributed by atoms with van der Waals surface area (Å²) in [6.07, 6.45) is 3.92. The van der Waals surface area contributed by atoms with Gasteiger partial charge in [-0.25, -0.2) is 0 Å². The highest BCUT2D eigenvalue weighted by Gasteiger charge is 1.91. The molecule has 0 radical (unpaired) electrons. The second-order valence-corrected chi connectivity index (χ2v) is 2.49. The number of nitrogens with zero attached hydrogens (tertiary/aromatic N) is 1. The molecule has 10 heavy (non-hydrogen) atoms. The Hall–Kier alpha value is -0.700. The van der Waals surface area contributed by atoms with Crippen molar-refractivity contribution in [2.24, 2.45) is 0 Å². The monoisotopic (exact) mass is 155 g/mol. The molecule has 0 amide bonds. The molecule has 1 aromatic rings. The highest BCUT2D eigenvalue weighted by molar-refractivity contribution is 7.80. The van der Waals surface area contributed by atoms with Gasteiger partial charge in [-0.1, -0.05) is 0 Å². The van der Waals surface area contributed by atoms with Crippen molar-refractivity contribution < 1.29 is 4.73 Å². The Bertz CT molecular complexity index is 197. The topological polar surface area (TPSA) is 26.9 Å². The van der Waals surface area contributed by atoms with Gasteiger partial charge in [-0.05, 0) is 17.7 Å². The smallest absolute Gasteiger partial charge is 0.180 e. The van der Waals surface area contributed by atoms with Crippen molar-refractivity contribution in [3.8, 4) is 0 Å². The molecule has 0 unspecified atom stereocenters. The summed E-state index contributed by atoms with van der Waals surface area (Å²) in [7, 11) is 0. The van der Waals surface area contributed by atoms with Gasteiger partial charge in [0.1, 0.15) is 0 Å². The summed E-state index contributed by atoms with van der Waals surface area (Å²) in [5, 5.41) is 10.5. The van der Waals surface area contributed by atoms with E-state index in [2.05, 4.69) is 12.6 Å². The lowest BCUT2D eigenvalue weighted by Gasteiger charge is -1.96. The van der Waals surface area contributed by atoms with E-state index in [-0.39, 0.29) is 0 Å². The van der Waals surface area contributed by atoms with Crippen molar-refractivity contribution >= 4 is 12.6 Å². The molecule has 0 atom stereocenters. The zero-order valence-electron chi connectivity index (χ0n) is 5.53. The molecule has 1 aromatic heterocycles. The number of hydrogen-bond donors (Lipinski definition) is 1. The third-order valence-corrected chi connectivity index (χ3v) is 1.50. The van der Waals surface area contributed by atoms with Crippen LogP contribution >= 0.6 is 12.6 Å². The summed E-state index contributed by atoms with van der Waals surface area (Å²) < 4.78 is 0.780. The number of pyridine rings is 1. The molecule has 0 fully saturated rings. The van der Waals surface area contributed by atoms with E-state index in [0.717, 1.165) is 22.5 Å². The minimum absolute atomic E-state index is 0.780. The van der Waals surface area contributed by atoms with Gasteiger partial charge in [0.05, 0.1) is 0 Å². The van der Waals surface area contributed by atoms with E-state index in [1.165, 1.54) is 12.4 Å². The zero-order chi connectivity index (χ0) is 7.40. The zero-order valence-corrected chi connectivity index (χ0v) is 6.42. The molecule has 0 N–H and O–H groups in total. The Labute approximate surface area is 65.5 Å². The van der Waals surface area contributed by atoms with Crippen molar-refractivity contribution in [1.82, 2.24) is 0 Å². The predicted molar refractivity (Wildman–Crippen MR) is 43.0 cm³/mol. The third-order valence-electron chi connectivity index (χ3n) is 1.27. The molecule has 0 aliphatic carbocycles. The van der Waals surface area contributed by atoms with Crippen LogP contribution in [0.15, 0.2) is 24.5 Å². The number of aromatic nitrogens is 1. The molecule has 0 aliphatic rings. The van der Waals surface area contributed by atoms with Crippen LogP contribution in [0.3, 0.4) is 0 Å². The molecular weight excluding hydrogens is 146 g/mol. The molecule has 0 saturated carbocycles. The standard InChI is InChI=1S/C7H9NOS/c9-8-4-1-7(2-5-8)3-6-10/h1-2,4-5,10H,3,6H2. The Morgan fingerprint density at radius 3 is 2.50 bits per heavy atom. The molecule has 2 nitrogen and oxygen atoms in total. The molecule has 0 saturated heterocycles. The van der Waals surface area contributed by atoms with Gasteiger partial charge in [-0.3, -0.25) is 0 Å². The van der Waals surface area contributed by atoms with Crippen LogP contribution in [-0.4, -0.2) is 5.75 Å². The summed E-state index contributed by atoms with van der Waals surface area (Å²) >= 11 is 4.07. The summed E-state index contributed by atoms with van der Waals surface area (Å²) in [6.45, 7) is 0. The second-order valence-electron chi connectivity index (χ2n) is 2.04. The molecule has 0 spiro atoms. The van der Waals surface area contributed by atoms with Crippen LogP contribution < -0.4 is 4.73 Å². The van der Waals surface area contributed by atoms with Crippen LogP contribution in [0.25, 0.3) is 0 Å². The number of thiol groups is 1. The van der Waals surface area contributed by atoms with E-state index >= 15 is 0 Å². The van der Waals surface area contributed by atoms with Crippen LogP contribution in [-0.2, 0) is 6.42 Å². The van der Waals surface area contributed by atoms with Gasteiger partial charge in [0.15, 0.2) is 12.4 Å². The average molecular weight is 155 g/mol. The average Bonchev–Trinajstić information content (AvgIpc) is 1.95. The Kier molecular flexibility index (Phi) is 2.57. The lowest BCUT2D eigenvalue weighted by molar-refractivity contribution is -0.605. The van der Waals surface area contributed by atoms with E-state index in [1.54, 1.807) is 0 Å². The molecular formula is C7H9NOS. The first-order valence-electron chi connectivity index (χ1n) is 3.11. The fourth-order valence-electron chi connectivity index (χ4n) is 0.739. The minimum atomic E-state index is 0.780. The second kappa shape index (κ2) is 3.46. The lowest BCUT2D eigenvalue weighted by Crippen LogP contribution is -2.23. The molecule has 0 aliphatic heterocycles. The molecule has 3 heteroatoms. The van der Waals surface area contributed by atoms with Crippen molar-refractivity contribution in [2.75, 3.05) is 5.75 Å². The maximum atomic E-state index is 10.5. The van der Waals surface area contributed by atoms with E-state index < -0.39 is 0 Å². The molecule has 0 aromatic carbocycles. The van der Waals surface area contributed by atoms with Crippen molar-refractivity contribution in [3.05, 3.63) is 35.3 Å². The first kappa shape index (κ1) is 7.41.